The lowest BCUT2D eigenvalue weighted by atomic mass is 9.82. The lowest BCUT2D eigenvalue weighted by molar-refractivity contribution is 0.269. The van der Waals surface area contributed by atoms with E-state index in [1.165, 1.54) is 19.4 Å². The molecular weight excluding hydrogens is 264 g/mol. The maximum Gasteiger partial charge on any atom is 0.116 e. The summed E-state index contributed by atoms with van der Waals surface area (Å²) in [6.45, 7) is 23.8. The summed E-state index contributed by atoms with van der Waals surface area (Å²) in [5.74, 6) is 0.808. The van der Waals surface area contributed by atoms with Gasteiger partial charge in [0.1, 0.15) is 16.5 Å². The third kappa shape index (κ3) is 13.1. The first-order chi connectivity index (χ1) is 8.31. The SMILES string of the molecule is CC(CCN[Si](C)(C)C)CC(C)(C)CN[Si](C)(C)C. The van der Waals surface area contributed by atoms with Gasteiger partial charge < -0.3 is 9.96 Å². The van der Waals surface area contributed by atoms with Gasteiger partial charge in [-0.3, -0.25) is 0 Å². The topological polar surface area (TPSA) is 24.1 Å². The summed E-state index contributed by atoms with van der Waals surface area (Å²) in [6, 6.07) is 0. The molecule has 0 aliphatic heterocycles. The van der Waals surface area contributed by atoms with Crippen molar-refractivity contribution < 1.29 is 0 Å². The van der Waals surface area contributed by atoms with Gasteiger partial charge in [0.2, 0.25) is 0 Å². The van der Waals surface area contributed by atoms with E-state index in [0.717, 1.165) is 12.5 Å². The smallest absolute Gasteiger partial charge is 0.116 e. The molecule has 2 nitrogen and oxygen atoms in total. The maximum absolute atomic E-state index is 3.78. The predicted octanol–water partition coefficient (Wildman–Crippen LogP) is 4.28. The normalized spacial score (nSPS) is 15.6. The van der Waals surface area contributed by atoms with E-state index in [1.807, 2.05) is 0 Å². The minimum absolute atomic E-state index is 0.416. The molecule has 0 amide bonds. The van der Waals surface area contributed by atoms with Crippen LogP contribution in [0.2, 0.25) is 39.3 Å². The van der Waals surface area contributed by atoms with Gasteiger partial charge in [-0.05, 0) is 37.3 Å². The van der Waals surface area contributed by atoms with Crippen molar-refractivity contribution in [2.75, 3.05) is 13.1 Å². The van der Waals surface area contributed by atoms with E-state index in [9.17, 15) is 0 Å². The quantitative estimate of drug-likeness (QED) is 0.621. The van der Waals surface area contributed by atoms with Crippen molar-refractivity contribution in [2.24, 2.45) is 11.3 Å². The highest BCUT2D eigenvalue weighted by atomic mass is 28.3. The second-order valence-corrected chi connectivity index (χ2v) is 18.7. The number of nitrogens with one attached hydrogen (secondary N) is 2. The van der Waals surface area contributed by atoms with Gasteiger partial charge in [0.05, 0.1) is 0 Å². The molecule has 1 unspecified atom stereocenters. The molecule has 0 saturated carbocycles. The van der Waals surface area contributed by atoms with Gasteiger partial charge in [-0.15, -0.1) is 0 Å². The molecule has 0 aliphatic rings. The Morgan fingerprint density at radius 1 is 0.895 bits per heavy atom. The highest BCUT2D eigenvalue weighted by molar-refractivity contribution is 6.73. The van der Waals surface area contributed by atoms with E-state index in [-0.39, 0.29) is 0 Å². The average Bonchev–Trinajstić information content (AvgIpc) is 2.10. The van der Waals surface area contributed by atoms with Crippen LogP contribution in [0.1, 0.15) is 33.6 Å². The molecule has 4 heteroatoms. The fraction of sp³-hybridized carbons (Fsp3) is 1.00. The van der Waals surface area contributed by atoms with Crippen LogP contribution >= 0.6 is 0 Å². The molecule has 0 rings (SSSR count). The molecule has 0 aromatic carbocycles. The third-order valence-corrected chi connectivity index (χ3v) is 5.84. The van der Waals surface area contributed by atoms with Crippen LogP contribution in [0, 0.1) is 11.3 Å². The van der Waals surface area contributed by atoms with Crippen molar-refractivity contribution in [1.82, 2.24) is 9.96 Å². The average molecular weight is 303 g/mol. The van der Waals surface area contributed by atoms with Gasteiger partial charge in [-0.1, -0.05) is 60.1 Å². The Bertz CT molecular complexity index is 252. The lowest BCUT2D eigenvalue weighted by Gasteiger charge is -2.32. The summed E-state index contributed by atoms with van der Waals surface area (Å²) < 4.78 is 0. The molecule has 19 heavy (non-hydrogen) atoms. The summed E-state index contributed by atoms with van der Waals surface area (Å²) in [5, 5.41) is 0. The van der Waals surface area contributed by atoms with Crippen molar-refractivity contribution in [3.8, 4) is 0 Å². The minimum Gasteiger partial charge on any atom is -0.337 e. The van der Waals surface area contributed by atoms with Gasteiger partial charge >= 0.3 is 0 Å². The molecule has 0 aliphatic carbocycles. The first-order valence-corrected chi connectivity index (χ1v) is 14.8. The monoisotopic (exact) mass is 302 g/mol. The molecule has 116 valence electrons. The van der Waals surface area contributed by atoms with E-state index in [2.05, 4.69) is 70.0 Å². The van der Waals surface area contributed by atoms with Gasteiger partial charge in [-0.2, -0.15) is 0 Å². The fourth-order valence-corrected chi connectivity index (χ4v) is 4.22. The second kappa shape index (κ2) is 7.39. The van der Waals surface area contributed by atoms with Gasteiger partial charge in [0.15, 0.2) is 0 Å². The van der Waals surface area contributed by atoms with Crippen LogP contribution < -0.4 is 9.96 Å². The molecule has 0 aromatic heterocycles. The Labute approximate surface area is 124 Å². The van der Waals surface area contributed by atoms with Crippen molar-refractivity contribution in [1.29, 1.82) is 0 Å². The highest BCUT2D eigenvalue weighted by Crippen LogP contribution is 2.26. The zero-order chi connectivity index (χ0) is 15.3. The Kier molecular flexibility index (Phi) is 7.52. The van der Waals surface area contributed by atoms with Crippen LogP contribution in [0.5, 0.6) is 0 Å². The Balaban J connectivity index is 3.99. The van der Waals surface area contributed by atoms with E-state index in [0.29, 0.717) is 5.41 Å². The maximum atomic E-state index is 3.78. The first-order valence-electron chi connectivity index (χ1n) is 7.81. The molecule has 0 saturated heterocycles. The van der Waals surface area contributed by atoms with Crippen LogP contribution in [0.15, 0.2) is 0 Å². The minimum atomic E-state index is -1.13. The van der Waals surface area contributed by atoms with Crippen LogP contribution in [-0.2, 0) is 0 Å². The Morgan fingerprint density at radius 2 is 1.37 bits per heavy atom. The van der Waals surface area contributed by atoms with E-state index >= 15 is 0 Å². The summed E-state index contributed by atoms with van der Waals surface area (Å²) in [4.78, 5) is 7.50. The summed E-state index contributed by atoms with van der Waals surface area (Å²) >= 11 is 0. The number of hydrogen-bond acceptors (Lipinski definition) is 2. The molecule has 0 fully saturated rings. The number of rotatable bonds is 9. The standard InChI is InChI=1S/C15H38N2Si2/c1-14(10-11-16-18(4,5)6)12-15(2,3)13-17-19(7,8)9/h14,16-17H,10-13H2,1-9H3. The lowest BCUT2D eigenvalue weighted by Crippen LogP contribution is -2.46. The second-order valence-electron chi connectivity index (χ2n) is 9.04. The Hall–Kier alpha value is 0.354. The van der Waals surface area contributed by atoms with Gasteiger partial charge in [-0.25, -0.2) is 0 Å². The molecule has 0 bridgehead atoms. The van der Waals surface area contributed by atoms with Crippen molar-refractivity contribution in [3.05, 3.63) is 0 Å². The molecule has 2 N–H and O–H groups in total. The largest absolute Gasteiger partial charge is 0.337 e. The Morgan fingerprint density at radius 3 is 1.79 bits per heavy atom. The third-order valence-electron chi connectivity index (χ3n) is 3.29. The van der Waals surface area contributed by atoms with Gasteiger partial charge in [0.25, 0.3) is 0 Å². The van der Waals surface area contributed by atoms with Crippen molar-refractivity contribution in [3.63, 3.8) is 0 Å². The molecule has 0 aromatic rings. The van der Waals surface area contributed by atoms with Crippen LogP contribution in [0.25, 0.3) is 0 Å². The van der Waals surface area contributed by atoms with Gasteiger partial charge in [0, 0.05) is 0 Å². The zero-order valence-corrected chi connectivity index (χ0v) is 16.9. The first kappa shape index (κ1) is 19.4. The molecular formula is C15H38N2Si2. The van der Waals surface area contributed by atoms with E-state index in [1.54, 1.807) is 0 Å². The summed E-state index contributed by atoms with van der Waals surface area (Å²) in [5.41, 5.74) is 0.416. The zero-order valence-electron chi connectivity index (χ0n) is 14.9. The molecule has 0 spiro atoms. The molecule has 0 radical (unpaired) electrons. The summed E-state index contributed by atoms with van der Waals surface area (Å²) in [6.07, 6.45) is 2.62. The van der Waals surface area contributed by atoms with Crippen LogP contribution in [-0.4, -0.2) is 29.6 Å². The molecule has 0 heterocycles. The molecule has 1 atom stereocenters. The van der Waals surface area contributed by atoms with Crippen LogP contribution in [0.3, 0.4) is 0 Å². The fourth-order valence-electron chi connectivity index (χ4n) is 2.32. The number of hydrogen-bond donors (Lipinski definition) is 2. The van der Waals surface area contributed by atoms with E-state index < -0.39 is 16.5 Å². The van der Waals surface area contributed by atoms with E-state index in [4.69, 9.17) is 0 Å². The van der Waals surface area contributed by atoms with Crippen molar-refractivity contribution >= 4 is 16.5 Å². The highest BCUT2D eigenvalue weighted by Gasteiger charge is 2.24. The predicted molar refractivity (Wildman–Crippen MR) is 94.9 cm³/mol. The van der Waals surface area contributed by atoms with Crippen LogP contribution in [0.4, 0.5) is 0 Å². The van der Waals surface area contributed by atoms with Crippen molar-refractivity contribution in [2.45, 2.75) is 72.9 Å². The summed E-state index contributed by atoms with van der Waals surface area (Å²) in [7, 11) is -2.20.